The van der Waals surface area contributed by atoms with Crippen LogP contribution in [-0.4, -0.2) is 27.4 Å². The van der Waals surface area contributed by atoms with Crippen LogP contribution in [0.2, 0.25) is 0 Å². The molecule has 96 valence electrons. The van der Waals surface area contributed by atoms with E-state index < -0.39 is 28.5 Å². The highest BCUT2D eigenvalue weighted by molar-refractivity contribution is 7.90. The molecule has 1 aromatic rings. The quantitative estimate of drug-likeness (QED) is 0.906. The van der Waals surface area contributed by atoms with Crippen molar-refractivity contribution in [2.75, 3.05) is 12.8 Å². The van der Waals surface area contributed by atoms with Crippen LogP contribution in [-0.2, 0) is 9.84 Å². The fraction of sp³-hybridized carbons (Fsp3) is 0.400. The number of hydrogen-bond donors (Lipinski definition) is 1. The van der Waals surface area contributed by atoms with Crippen molar-refractivity contribution >= 4 is 9.84 Å². The van der Waals surface area contributed by atoms with Crippen LogP contribution in [0.5, 0.6) is 0 Å². The van der Waals surface area contributed by atoms with E-state index in [1.165, 1.54) is 18.2 Å². The first kappa shape index (κ1) is 14.0. The molecule has 1 atom stereocenters. The lowest BCUT2D eigenvalue weighted by atomic mass is 9.99. The largest absolute Gasteiger partial charge is 0.396 e. The van der Waals surface area contributed by atoms with Crippen molar-refractivity contribution in [2.45, 2.75) is 17.0 Å². The van der Waals surface area contributed by atoms with Crippen molar-refractivity contribution in [1.29, 1.82) is 0 Å². The molecule has 0 heterocycles. The number of nitrogens with two attached hydrogens (primary N) is 1. The summed E-state index contributed by atoms with van der Waals surface area (Å²) in [6.45, 7) is -0.614. The van der Waals surface area contributed by atoms with Gasteiger partial charge in [0.2, 0.25) is 0 Å². The van der Waals surface area contributed by atoms with Crippen molar-refractivity contribution in [2.24, 2.45) is 5.73 Å². The number of benzene rings is 1. The Balaban J connectivity index is 3.24. The summed E-state index contributed by atoms with van der Waals surface area (Å²) in [4.78, 5) is -0.141. The zero-order chi connectivity index (χ0) is 13.3. The zero-order valence-electron chi connectivity index (χ0n) is 9.03. The minimum Gasteiger partial charge on any atom is -0.330 e. The molecular formula is C10H12F3NO2S. The van der Waals surface area contributed by atoms with E-state index in [2.05, 4.69) is 0 Å². The van der Waals surface area contributed by atoms with Crippen LogP contribution in [0, 0.1) is 0 Å². The van der Waals surface area contributed by atoms with Crippen molar-refractivity contribution in [3.8, 4) is 0 Å². The van der Waals surface area contributed by atoms with Gasteiger partial charge in [0.15, 0.2) is 9.84 Å². The summed E-state index contributed by atoms with van der Waals surface area (Å²) in [5.74, 6) is -1.84. The molecule has 2 N–H and O–H groups in total. The van der Waals surface area contributed by atoms with E-state index in [0.717, 1.165) is 12.3 Å². The van der Waals surface area contributed by atoms with E-state index in [4.69, 9.17) is 5.73 Å². The first-order valence-electron chi connectivity index (χ1n) is 4.73. The van der Waals surface area contributed by atoms with Gasteiger partial charge < -0.3 is 5.73 Å². The van der Waals surface area contributed by atoms with Gasteiger partial charge in [-0.05, 0) is 17.7 Å². The average molecular weight is 267 g/mol. The van der Waals surface area contributed by atoms with E-state index in [1.54, 1.807) is 0 Å². The molecule has 0 aliphatic rings. The second kappa shape index (κ2) is 4.66. The maximum atomic E-state index is 12.6. The molecule has 7 heteroatoms. The number of alkyl halides is 3. The predicted molar refractivity (Wildman–Crippen MR) is 57.4 cm³/mol. The summed E-state index contributed by atoms with van der Waals surface area (Å²) >= 11 is 0. The minimum atomic E-state index is -4.48. The Kier molecular flexibility index (Phi) is 3.83. The lowest BCUT2D eigenvalue weighted by Gasteiger charge is -2.19. The summed E-state index contributed by atoms with van der Waals surface area (Å²) in [6.07, 6.45) is -3.54. The molecule has 0 aliphatic heterocycles. The molecule has 0 fully saturated rings. The maximum absolute atomic E-state index is 12.6. The summed E-state index contributed by atoms with van der Waals surface area (Å²) in [6, 6.07) is 4.77. The monoisotopic (exact) mass is 267 g/mol. The normalized spacial score (nSPS) is 14.6. The van der Waals surface area contributed by atoms with Gasteiger partial charge in [-0.1, -0.05) is 12.1 Å². The fourth-order valence-electron chi connectivity index (χ4n) is 1.42. The molecule has 0 amide bonds. The van der Waals surface area contributed by atoms with Gasteiger partial charge in [0.1, 0.15) is 0 Å². The molecule has 0 aliphatic carbocycles. The molecule has 1 aromatic carbocycles. The molecule has 0 spiro atoms. The van der Waals surface area contributed by atoms with Crippen LogP contribution in [0.3, 0.4) is 0 Å². The third kappa shape index (κ3) is 3.44. The Hall–Kier alpha value is -1.08. The first-order valence-corrected chi connectivity index (χ1v) is 6.62. The fourth-order valence-corrected chi connectivity index (χ4v) is 2.10. The first-order chi connectivity index (χ1) is 7.66. The molecule has 17 heavy (non-hydrogen) atoms. The Morgan fingerprint density at radius 3 is 2.35 bits per heavy atom. The molecule has 0 saturated carbocycles. The van der Waals surface area contributed by atoms with Crippen LogP contribution < -0.4 is 5.73 Å². The van der Waals surface area contributed by atoms with Crippen molar-refractivity contribution in [3.63, 3.8) is 0 Å². The minimum absolute atomic E-state index is 0.136. The van der Waals surface area contributed by atoms with E-state index in [9.17, 15) is 21.6 Å². The molecule has 0 aromatic heterocycles. The third-order valence-corrected chi connectivity index (χ3v) is 3.43. The average Bonchev–Trinajstić information content (AvgIpc) is 2.15. The van der Waals surface area contributed by atoms with Gasteiger partial charge in [0.25, 0.3) is 0 Å². The van der Waals surface area contributed by atoms with Gasteiger partial charge in [-0.2, -0.15) is 13.2 Å². The van der Waals surface area contributed by atoms with Crippen LogP contribution in [0.15, 0.2) is 29.2 Å². The third-order valence-electron chi connectivity index (χ3n) is 2.32. The Bertz CT molecular complexity index is 497. The number of hydrogen-bond acceptors (Lipinski definition) is 3. The van der Waals surface area contributed by atoms with E-state index in [-0.39, 0.29) is 10.5 Å². The molecule has 0 radical (unpaired) electrons. The zero-order valence-corrected chi connectivity index (χ0v) is 9.85. The van der Waals surface area contributed by atoms with E-state index >= 15 is 0 Å². The van der Waals surface area contributed by atoms with Gasteiger partial charge in [-0.25, -0.2) is 8.42 Å². The summed E-state index contributed by atoms with van der Waals surface area (Å²) in [5, 5.41) is 0. The number of rotatable bonds is 3. The molecular weight excluding hydrogens is 255 g/mol. The predicted octanol–water partition coefficient (Wildman–Crippen LogP) is 1.69. The van der Waals surface area contributed by atoms with Crippen molar-refractivity contribution < 1.29 is 21.6 Å². The highest BCUT2D eigenvalue weighted by Gasteiger charge is 2.39. The lowest BCUT2D eigenvalue weighted by molar-refractivity contribution is -0.148. The molecule has 0 bridgehead atoms. The van der Waals surface area contributed by atoms with Crippen molar-refractivity contribution in [3.05, 3.63) is 29.8 Å². The standard InChI is InChI=1S/C10H12F3NO2S/c1-17(15,16)8-4-2-3-7(5-8)9(6-14)10(11,12)13/h2-5,9H,6,14H2,1H3. The van der Waals surface area contributed by atoms with Gasteiger partial charge in [0, 0.05) is 12.8 Å². The van der Waals surface area contributed by atoms with Gasteiger partial charge in [-0.3, -0.25) is 0 Å². The number of halogens is 3. The topological polar surface area (TPSA) is 60.2 Å². The SMILES string of the molecule is CS(=O)(=O)c1cccc(C(CN)C(F)(F)F)c1. The highest BCUT2D eigenvalue weighted by Crippen LogP contribution is 2.34. The van der Waals surface area contributed by atoms with Gasteiger partial charge in [-0.15, -0.1) is 0 Å². The molecule has 1 rings (SSSR count). The summed E-state index contributed by atoms with van der Waals surface area (Å²) in [5.41, 5.74) is 4.94. The second-order valence-corrected chi connectivity index (χ2v) is 5.69. The van der Waals surface area contributed by atoms with Gasteiger partial charge in [0.05, 0.1) is 10.8 Å². The van der Waals surface area contributed by atoms with E-state index in [1.807, 2.05) is 0 Å². The van der Waals surface area contributed by atoms with Crippen LogP contribution >= 0.6 is 0 Å². The molecule has 0 saturated heterocycles. The highest BCUT2D eigenvalue weighted by atomic mass is 32.2. The lowest BCUT2D eigenvalue weighted by Crippen LogP contribution is -2.28. The van der Waals surface area contributed by atoms with Crippen molar-refractivity contribution in [1.82, 2.24) is 0 Å². The van der Waals surface area contributed by atoms with Crippen LogP contribution in [0.25, 0.3) is 0 Å². The van der Waals surface area contributed by atoms with Crippen LogP contribution in [0.1, 0.15) is 11.5 Å². The second-order valence-electron chi connectivity index (χ2n) is 3.67. The number of sulfone groups is 1. The Morgan fingerprint density at radius 1 is 1.35 bits per heavy atom. The maximum Gasteiger partial charge on any atom is 0.396 e. The Morgan fingerprint density at radius 2 is 1.94 bits per heavy atom. The van der Waals surface area contributed by atoms with Crippen LogP contribution in [0.4, 0.5) is 13.2 Å². The molecule has 3 nitrogen and oxygen atoms in total. The van der Waals surface area contributed by atoms with E-state index in [0.29, 0.717) is 0 Å². The van der Waals surface area contributed by atoms with Gasteiger partial charge >= 0.3 is 6.18 Å². The summed E-state index contributed by atoms with van der Waals surface area (Å²) < 4.78 is 60.3. The Labute approximate surface area is 97.4 Å². The smallest absolute Gasteiger partial charge is 0.330 e. The summed E-state index contributed by atoms with van der Waals surface area (Å²) in [7, 11) is -3.52. The molecule has 1 unspecified atom stereocenters.